The molecule has 0 aliphatic carbocycles. The first-order valence-corrected chi connectivity index (χ1v) is 14.1. The van der Waals surface area contributed by atoms with Crippen molar-refractivity contribution in [3.63, 3.8) is 0 Å². The van der Waals surface area contributed by atoms with Gasteiger partial charge in [-0.25, -0.2) is 0 Å². The lowest BCUT2D eigenvalue weighted by Gasteiger charge is -2.12. The Morgan fingerprint density at radius 2 is 1.07 bits per heavy atom. The van der Waals surface area contributed by atoms with Crippen molar-refractivity contribution in [1.82, 2.24) is 0 Å². The van der Waals surface area contributed by atoms with Gasteiger partial charge in [-0.1, -0.05) is 88.4 Å². The van der Waals surface area contributed by atoms with E-state index in [9.17, 15) is 19.8 Å². The van der Waals surface area contributed by atoms with Crippen molar-refractivity contribution in [2.75, 3.05) is 14.2 Å². The van der Waals surface area contributed by atoms with Crippen LogP contribution in [0.15, 0.2) is 91.0 Å². The van der Waals surface area contributed by atoms with Gasteiger partial charge in [0, 0.05) is 0 Å². The van der Waals surface area contributed by atoms with Gasteiger partial charge in [-0.2, -0.15) is 0 Å². The molecule has 2 N–H and O–H groups in total. The molecule has 0 atom stereocenters. The predicted molar refractivity (Wildman–Crippen MR) is 174 cm³/mol. The molecule has 0 heterocycles. The fourth-order valence-corrected chi connectivity index (χ4v) is 4.65. The summed E-state index contributed by atoms with van der Waals surface area (Å²) in [7, 11) is 2.92. The van der Waals surface area contributed by atoms with Crippen molar-refractivity contribution < 1.29 is 29.3 Å². The molecule has 0 aliphatic rings. The summed E-state index contributed by atoms with van der Waals surface area (Å²) in [4.78, 5) is 22.6. The number of aldehydes is 2. The second-order valence-corrected chi connectivity index (χ2v) is 9.73. The topological polar surface area (TPSA) is 93.1 Å². The van der Waals surface area contributed by atoms with E-state index in [4.69, 9.17) is 9.47 Å². The molecule has 6 nitrogen and oxygen atoms in total. The van der Waals surface area contributed by atoms with E-state index in [1.807, 2.05) is 80.6 Å². The van der Waals surface area contributed by atoms with Gasteiger partial charge < -0.3 is 19.7 Å². The van der Waals surface area contributed by atoms with Crippen LogP contribution in [0.3, 0.4) is 0 Å². The predicted octanol–water partition coefficient (Wildman–Crippen LogP) is 9.06. The number of methoxy groups -OCH3 is 2. The van der Waals surface area contributed by atoms with Crippen LogP contribution in [0.5, 0.6) is 23.0 Å². The molecule has 0 unspecified atom stereocenters. The molecule has 0 aliphatic heterocycles. The Morgan fingerprint density at radius 1 is 0.605 bits per heavy atom. The smallest absolute Gasteiger partial charge is 0.169 e. The average molecular weight is 579 g/mol. The van der Waals surface area contributed by atoms with Crippen LogP contribution < -0.4 is 9.47 Å². The van der Waals surface area contributed by atoms with E-state index >= 15 is 0 Å². The minimum Gasteiger partial charge on any atom is -0.504 e. The van der Waals surface area contributed by atoms with Gasteiger partial charge in [-0.15, -0.1) is 0 Å². The molecule has 0 radical (unpaired) electrons. The summed E-state index contributed by atoms with van der Waals surface area (Å²) >= 11 is 0. The molecule has 5 rings (SSSR count). The highest BCUT2D eigenvalue weighted by atomic mass is 16.5. The lowest BCUT2D eigenvalue weighted by Crippen LogP contribution is -1.93. The van der Waals surface area contributed by atoms with Gasteiger partial charge in [0.1, 0.15) is 0 Å². The normalized spacial score (nSPS) is 10.2. The molecule has 0 saturated carbocycles. The van der Waals surface area contributed by atoms with E-state index in [1.54, 1.807) is 24.3 Å². The summed E-state index contributed by atoms with van der Waals surface area (Å²) < 4.78 is 10.1. The highest BCUT2D eigenvalue weighted by Crippen LogP contribution is 2.38. The Balaban J connectivity index is 0.000000223. The Bertz CT molecular complexity index is 1690. The van der Waals surface area contributed by atoms with Crippen molar-refractivity contribution in [1.29, 1.82) is 0 Å². The number of hydrogen-bond donors (Lipinski definition) is 2. The van der Waals surface area contributed by atoms with Crippen LogP contribution in [-0.4, -0.2) is 37.0 Å². The van der Waals surface area contributed by atoms with Crippen LogP contribution >= 0.6 is 0 Å². The Hall–Kier alpha value is -5.10. The average Bonchev–Trinajstić information content (AvgIpc) is 3.05. The summed E-state index contributed by atoms with van der Waals surface area (Å²) in [5.41, 5.74) is 4.90. The first-order chi connectivity index (χ1) is 20.8. The first-order valence-electron chi connectivity index (χ1n) is 14.1. The van der Waals surface area contributed by atoms with Gasteiger partial charge in [0.15, 0.2) is 35.6 Å². The lowest BCUT2D eigenvalue weighted by atomic mass is 9.96. The molecule has 5 aromatic carbocycles. The van der Waals surface area contributed by atoms with E-state index in [-0.39, 0.29) is 22.6 Å². The molecule has 0 saturated heterocycles. The number of phenols is 2. The van der Waals surface area contributed by atoms with Crippen LogP contribution in [-0.2, 0) is 0 Å². The van der Waals surface area contributed by atoms with Crippen LogP contribution in [0.1, 0.15) is 59.9 Å². The quantitative estimate of drug-likeness (QED) is 0.187. The van der Waals surface area contributed by atoms with E-state index < -0.39 is 0 Å². The van der Waals surface area contributed by atoms with Crippen LogP contribution in [0, 0.1) is 0 Å². The first kappa shape index (κ1) is 32.4. The number of ether oxygens (including phenoxy) is 2. The number of aromatic hydroxyl groups is 2. The monoisotopic (exact) mass is 578 g/mol. The summed E-state index contributed by atoms with van der Waals surface area (Å²) in [5, 5.41) is 22.3. The summed E-state index contributed by atoms with van der Waals surface area (Å²) in [6.45, 7) is 8.26. The minimum atomic E-state index is -0.127. The van der Waals surface area contributed by atoms with Crippen molar-refractivity contribution >= 4 is 23.3 Å². The number of carbonyl (C=O) groups is 2. The van der Waals surface area contributed by atoms with Gasteiger partial charge in [0.2, 0.25) is 0 Å². The van der Waals surface area contributed by atoms with Crippen molar-refractivity contribution in [3.8, 4) is 45.3 Å². The van der Waals surface area contributed by atoms with Crippen molar-refractivity contribution in [2.24, 2.45) is 0 Å². The van der Waals surface area contributed by atoms with E-state index in [1.165, 1.54) is 19.8 Å². The molecular formula is C37H38O6. The SMILES string of the molecule is CC.COc1ccc(-c2ccc(C(C)C)cc2)c(C=O)c1O.COc1ccc(-c2ccc3ccccc3c2)c(C=O)c1O. The third-order valence-corrected chi connectivity index (χ3v) is 6.98. The summed E-state index contributed by atoms with van der Waals surface area (Å²) in [6, 6.07) is 28.8. The lowest BCUT2D eigenvalue weighted by molar-refractivity contribution is 0.111. The largest absolute Gasteiger partial charge is 0.504 e. The molecule has 5 aromatic rings. The molecule has 6 heteroatoms. The minimum absolute atomic E-state index is 0.118. The number of hydrogen-bond acceptors (Lipinski definition) is 6. The van der Waals surface area contributed by atoms with E-state index in [2.05, 4.69) is 13.8 Å². The molecule has 0 spiro atoms. The molecule has 222 valence electrons. The third-order valence-electron chi connectivity index (χ3n) is 6.98. The molecule has 0 amide bonds. The maximum Gasteiger partial charge on any atom is 0.169 e. The number of fused-ring (bicyclic) bond motifs is 1. The zero-order valence-corrected chi connectivity index (χ0v) is 25.4. The second-order valence-electron chi connectivity index (χ2n) is 9.73. The zero-order valence-electron chi connectivity index (χ0n) is 25.4. The van der Waals surface area contributed by atoms with E-state index in [0.29, 0.717) is 41.1 Å². The van der Waals surface area contributed by atoms with E-state index in [0.717, 1.165) is 21.9 Å². The summed E-state index contributed by atoms with van der Waals surface area (Å²) in [6.07, 6.45) is 1.31. The summed E-state index contributed by atoms with van der Waals surface area (Å²) in [5.74, 6) is 0.807. The number of carbonyl (C=O) groups excluding carboxylic acids is 2. The Kier molecular flexibility index (Phi) is 11.5. The fraction of sp³-hybridized carbons (Fsp3) is 0.189. The number of phenolic OH excluding ortho intramolecular Hbond substituents is 2. The Labute approximate surface area is 253 Å². The van der Waals surface area contributed by atoms with Gasteiger partial charge in [-0.05, 0) is 74.8 Å². The zero-order chi connectivity index (χ0) is 31.5. The van der Waals surface area contributed by atoms with Crippen LogP contribution in [0.2, 0.25) is 0 Å². The number of benzene rings is 5. The molecule has 43 heavy (non-hydrogen) atoms. The molecule has 0 bridgehead atoms. The highest BCUT2D eigenvalue weighted by Gasteiger charge is 2.15. The molecular weight excluding hydrogens is 540 g/mol. The van der Waals surface area contributed by atoms with Gasteiger partial charge >= 0.3 is 0 Å². The number of rotatable bonds is 7. The maximum absolute atomic E-state index is 11.3. The highest BCUT2D eigenvalue weighted by molar-refractivity contribution is 5.95. The second kappa shape index (κ2) is 15.2. The fourth-order valence-electron chi connectivity index (χ4n) is 4.65. The van der Waals surface area contributed by atoms with Gasteiger partial charge in [-0.3, -0.25) is 9.59 Å². The maximum atomic E-state index is 11.3. The van der Waals surface area contributed by atoms with Crippen LogP contribution in [0.25, 0.3) is 33.0 Å². The standard InChI is InChI=1S/C18H14O3.C17H18O3.C2H6/c1-21-17-9-8-15(16(11-19)18(17)20)14-7-6-12-4-2-3-5-13(12)10-14;1-11(2)12-4-6-13(7-5-12)14-8-9-16(20-3)17(19)15(14)10-18;1-2/h2-11,20H,1H3;4-11,19H,1-3H3;1-2H3. The van der Waals surface area contributed by atoms with Crippen molar-refractivity contribution in [3.05, 3.63) is 108 Å². The van der Waals surface area contributed by atoms with Crippen molar-refractivity contribution in [2.45, 2.75) is 33.6 Å². The molecule has 0 aromatic heterocycles. The Morgan fingerprint density at radius 3 is 1.53 bits per heavy atom. The van der Waals surface area contributed by atoms with Crippen LogP contribution in [0.4, 0.5) is 0 Å². The van der Waals surface area contributed by atoms with Gasteiger partial charge in [0.05, 0.1) is 25.3 Å². The molecule has 0 fully saturated rings. The van der Waals surface area contributed by atoms with Gasteiger partial charge in [0.25, 0.3) is 0 Å². The third kappa shape index (κ3) is 7.22.